The number of aliphatic hydroxyl groups is 1. The second-order valence-electron chi connectivity index (χ2n) is 7.82. The molecule has 3 aromatic carbocycles. The number of methoxy groups -OCH3 is 1. The van der Waals surface area contributed by atoms with Crippen molar-refractivity contribution in [1.82, 2.24) is 0 Å². The molecule has 0 saturated carbocycles. The third-order valence-corrected chi connectivity index (χ3v) is 5.78. The summed E-state index contributed by atoms with van der Waals surface area (Å²) in [6.07, 6.45) is 0. The van der Waals surface area contributed by atoms with Gasteiger partial charge in [0.05, 0.1) is 30.9 Å². The van der Waals surface area contributed by atoms with Gasteiger partial charge in [0.25, 0.3) is 11.7 Å². The third kappa shape index (κ3) is 4.39. The number of nitrogens with two attached hydrogens (primary N) is 1. The number of hydrogen-bond donors (Lipinski definition) is 2. The number of amides is 1. The van der Waals surface area contributed by atoms with E-state index in [0.717, 1.165) is 0 Å². The van der Waals surface area contributed by atoms with Gasteiger partial charge in [-0.05, 0) is 43.3 Å². The first-order valence-corrected chi connectivity index (χ1v) is 11.1. The number of rotatable bonds is 7. The number of benzene rings is 3. The molecule has 3 N–H and O–H groups in total. The lowest BCUT2D eigenvalue weighted by Crippen LogP contribution is -2.29. The Balaban J connectivity index is 1.91. The second-order valence-corrected chi connectivity index (χ2v) is 7.82. The summed E-state index contributed by atoms with van der Waals surface area (Å²) in [5, 5.41) is 11.2. The maximum absolute atomic E-state index is 13.3. The van der Waals surface area contributed by atoms with E-state index in [9.17, 15) is 19.5 Å². The van der Waals surface area contributed by atoms with Gasteiger partial charge in [0.15, 0.2) is 5.75 Å². The summed E-state index contributed by atoms with van der Waals surface area (Å²) in [6.45, 7) is 1.92. The van der Waals surface area contributed by atoms with Crippen molar-refractivity contribution in [2.75, 3.05) is 18.6 Å². The molecule has 4 rings (SSSR count). The van der Waals surface area contributed by atoms with Crippen LogP contribution in [0.3, 0.4) is 0 Å². The van der Waals surface area contributed by atoms with E-state index >= 15 is 0 Å². The van der Waals surface area contributed by atoms with E-state index in [1.807, 2.05) is 0 Å². The number of ketones is 1. The fourth-order valence-electron chi connectivity index (χ4n) is 4.11. The molecule has 1 unspecified atom stereocenters. The topological polar surface area (TPSA) is 128 Å². The highest BCUT2D eigenvalue weighted by molar-refractivity contribution is 6.51. The average molecular weight is 488 g/mol. The number of ether oxygens (including phenoxy) is 2. The van der Waals surface area contributed by atoms with Crippen molar-refractivity contribution in [3.05, 3.63) is 95.1 Å². The SMILES string of the molecule is CCOC(=O)c1ccc(N2C(=O)C(=O)C(=C(O)c3ccccc3)C2c2ccc(ON)cc2OC)cc1. The van der Waals surface area contributed by atoms with Gasteiger partial charge in [-0.15, -0.1) is 0 Å². The first-order chi connectivity index (χ1) is 17.4. The average Bonchev–Trinajstić information content (AvgIpc) is 3.18. The lowest BCUT2D eigenvalue weighted by molar-refractivity contribution is -0.132. The molecule has 9 nitrogen and oxygen atoms in total. The molecule has 1 heterocycles. The van der Waals surface area contributed by atoms with Crippen LogP contribution < -0.4 is 20.4 Å². The molecule has 0 bridgehead atoms. The Morgan fingerprint density at radius 3 is 2.31 bits per heavy atom. The summed E-state index contributed by atoms with van der Waals surface area (Å²) in [7, 11) is 1.43. The van der Waals surface area contributed by atoms with Crippen LogP contribution in [-0.2, 0) is 14.3 Å². The van der Waals surface area contributed by atoms with Crippen molar-refractivity contribution in [2.45, 2.75) is 13.0 Å². The zero-order chi connectivity index (χ0) is 25.8. The Labute approximate surface area is 207 Å². The van der Waals surface area contributed by atoms with E-state index in [-0.39, 0.29) is 23.7 Å². The van der Waals surface area contributed by atoms with E-state index < -0.39 is 23.7 Å². The molecule has 0 aromatic heterocycles. The zero-order valence-corrected chi connectivity index (χ0v) is 19.6. The minimum Gasteiger partial charge on any atom is -0.507 e. The van der Waals surface area contributed by atoms with Crippen LogP contribution in [0.1, 0.15) is 34.5 Å². The van der Waals surface area contributed by atoms with Crippen LogP contribution >= 0.6 is 0 Å². The van der Waals surface area contributed by atoms with E-state index in [4.69, 9.17) is 20.2 Å². The molecule has 3 aromatic rings. The van der Waals surface area contributed by atoms with Crippen LogP contribution in [0.25, 0.3) is 5.76 Å². The Kier molecular flexibility index (Phi) is 7.03. The highest BCUT2D eigenvalue weighted by Crippen LogP contribution is 2.45. The molecule has 1 aliphatic heterocycles. The first kappa shape index (κ1) is 24.5. The first-order valence-electron chi connectivity index (χ1n) is 11.1. The fraction of sp³-hybridized carbons (Fsp3) is 0.148. The van der Waals surface area contributed by atoms with Crippen molar-refractivity contribution >= 4 is 29.1 Å². The summed E-state index contributed by atoms with van der Waals surface area (Å²) in [5.41, 5.74) is 1.31. The maximum atomic E-state index is 13.3. The zero-order valence-electron chi connectivity index (χ0n) is 19.6. The number of anilines is 1. The van der Waals surface area contributed by atoms with Gasteiger partial charge in [-0.25, -0.2) is 4.79 Å². The summed E-state index contributed by atoms with van der Waals surface area (Å²) in [5.74, 6) is 3.33. The van der Waals surface area contributed by atoms with Gasteiger partial charge in [0, 0.05) is 22.9 Å². The Hall–Kier alpha value is -4.63. The van der Waals surface area contributed by atoms with Gasteiger partial charge in [-0.3, -0.25) is 14.5 Å². The van der Waals surface area contributed by atoms with Gasteiger partial charge in [0.2, 0.25) is 0 Å². The number of hydrogen-bond acceptors (Lipinski definition) is 8. The van der Waals surface area contributed by atoms with Gasteiger partial charge in [-0.1, -0.05) is 30.3 Å². The van der Waals surface area contributed by atoms with E-state index in [2.05, 4.69) is 0 Å². The monoisotopic (exact) mass is 488 g/mol. The van der Waals surface area contributed by atoms with Crippen molar-refractivity contribution in [1.29, 1.82) is 0 Å². The van der Waals surface area contributed by atoms with Crippen LogP contribution in [-0.4, -0.2) is 36.5 Å². The van der Waals surface area contributed by atoms with E-state index in [0.29, 0.717) is 28.1 Å². The van der Waals surface area contributed by atoms with Crippen LogP contribution in [0.2, 0.25) is 0 Å². The number of carbonyl (C=O) groups excluding carboxylic acids is 3. The minimum atomic E-state index is -1.04. The quantitative estimate of drug-likeness (QED) is 0.169. The van der Waals surface area contributed by atoms with Crippen molar-refractivity contribution in [3.8, 4) is 11.5 Å². The molecule has 0 radical (unpaired) electrons. The molecule has 184 valence electrons. The fourth-order valence-corrected chi connectivity index (χ4v) is 4.11. The van der Waals surface area contributed by atoms with E-state index in [1.165, 1.54) is 42.3 Å². The molecule has 0 spiro atoms. The van der Waals surface area contributed by atoms with Crippen LogP contribution in [0, 0.1) is 0 Å². The molecular formula is C27H24N2O7. The number of Topliss-reactive ketones (excluding diaryl/α,β-unsaturated/α-hetero) is 1. The molecule has 36 heavy (non-hydrogen) atoms. The number of aliphatic hydroxyl groups excluding tert-OH is 1. The molecule has 9 heteroatoms. The summed E-state index contributed by atoms with van der Waals surface area (Å²) in [4.78, 5) is 44.8. The highest BCUT2D eigenvalue weighted by atomic mass is 16.6. The molecule has 0 aliphatic carbocycles. The van der Waals surface area contributed by atoms with Crippen LogP contribution in [0.4, 0.5) is 5.69 Å². The Bertz CT molecular complexity index is 1330. The standard InChI is InChI=1S/C27H24N2O7/c1-3-35-27(33)17-9-11-18(12-10-17)29-23(20-14-13-19(36-28)15-21(20)34-2)22(25(31)26(29)32)24(30)16-7-5-4-6-8-16/h4-15,23,30H,3,28H2,1-2H3. The summed E-state index contributed by atoms with van der Waals surface area (Å²) < 4.78 is 10.5. The Morgan fingerprint density at radius 2 is 1.69 bits per heavy atom. The third-order valence-electron chi connectivity index (χ3n) is 5.78. The molecule has 1 atom stereocenters. The summed E-state index contributed by atoms with van der Waals surface area (Å²) >= 11 is 0. The van der Waals surface area contributed by atoms with Crippen molar-refractivity contribution in [2.24, 2.45) is 5.90 Å². The molecule has 1 fully saturated rings. The lowest BCUT2D eigenvalue weighted by atomic mass is 9.94. The predicted octanol–water partition coefficient (Wildman–Crippen LogP) is 3.75. The smallest absolute Gasteiger partial charge is 0.338 e. The molecular weight excluding hydrogens is 464 g/mol. The van der Waals surface area contributed by atoms with Crippen LogP contribution in [0.15, 0.2) is 78.4 Å². The van der Waals surface area contributed by atoms with Crippen molar-refractivity contribution in [3.63, 3.8) is 0 Å². The molecule has 1 aliphatic rings. The number of nitrogens with zero attached hydrogens (tertiary/aromatic N) is 1. The van der Waals surface area contributed by atoms with Gasteiger partial charge < -0.3 is 19.4 Å². The van der Waals surface area contributed by atoms with E-state index in [1.54, 1.807) is 49.4 Å². The Morgan fingerprint density at radius 1 is 1.00 bits per heavy atom. The number of esters is 1. The summed E-state index contributed by atoms with van der Waals surface area (Å²) in [6, 6.07) is 18.2. The lowest BCUT2D eigenvalue weighted by Gasteiger charge is -2.27. The predicted molar refractivity (Wildman–Crippen MR) is 131 cm³/mol. The van der Waals surface area contributed by atoms with Gasteiger partial charge in [-0.2, -0.15) is 5.90 Å². The minimum absolute atomic E-state index is 0.111. The normalized spacial score (nSPS) is 16.6. The largest absolute Gasteiger partial charge is 0.507 e. The van der Waals surface area contributed by atoms with Gasteiger partial charge in [0.1, 0.15) is 11.5 Å². The molecule has 1 saturated heterocycles. The highest BCUT2D eigenvalue weighted by Gasteiger charge is 2.48. The van der Waals surface area contributed by atoms with Crippen LogP contribution in [0.5, 0.6) is 11.5 Å². The maximum Gasteiger partial charge on any atom is 0.338 e. The van der Waals surface area contributed by atoms with Crippen molar-refractivity contribution < 1.29 is 33.8 Å². The number of carbonyl (C=O) groups is 3. The van der Waals surface area contributed by atoms with Gasteiger partial charge >= 0.3 is 5.97 Å². The molecule has 1 amide bonds. The second kappa shape index (κ2) is 10.3.